The van der Waals surface area contributed by atoms with Crippen molar-refractivity contribution < 1.29 is 0 Å². The van der Waals surface area contributed by atoms with Gasteiger partial charge in [-0.25, -0.2) is 0 Å². The molecule has 1 aliphatic heterocycles. The number of fused-ring (bicyclic) bond motifs is 4. The summed E-state index contributed by atoms with van der Waals surface area (Å²) in [5.74, 6) is 0. The first-order chi connectivity index (χ1) is 16.2. The van der Waals surface area contributed by atoms with E-state index >= 15 is 0 Å². The smallest absolute Gasteiger partial charge is 0.144 e. The van der Waals surface area contributed by atoms with Gasteiger partial charge in [0.1, 0.15) is 6.28 Å². The molecule has 0 spiro atoms. The summed E-state index contributed by atoms with van der Waals surface area (Å²) >= 11 is 17.4. The van der Waals surface area contributed by atoms with E-state index in [4.69, 9.17) is 34.4 Å². The first-order valence-electron chi connectivity index (χ1n) is 10.4. The third kappa shape index (κ3) is 5.12. The molecule has 0 amide bonds. The van der Waals surface area contributed by atoms with Gasteiger partial charge in [-0.3, -0.25) is 9.98 Å². The third-order valence-electron chi connectivity index (χ3n) is 5.01. The minimum Gasteiger partial charge on any atom is -0.357 e. The van der Waals surface area contributed by atoms with E-state index in [0.717, 1.165) is 70.6 Å². The van der Waals surface area contributed by atoms with Crippen LogP contribution in [0.25, 0.3) is 18.8 Å². The molecule has 0 saturated carbocycles. The number of anilines is 2. The molecule has 0 bridgehead atoms. The van der Waals surface area contributed by atoms with Gasteiger partial charge in [-0.15, -0.1) is 45.3 Å². The monoisotopic (exact) mass is 556 g/mol. The summed E-state index contributed by atoms with van der Waals surface area (Å²) in [5.41, 5.74) is 7.45. The van der Waals surface area contributed by atoms with E-state index < -0.39 is 0 Å². The lowest BCUT2D eigenvalue weighted by Gasteiger charge is -2.13. The molecule has 0 aliphatic carbocycles. The lowest BCUT2D eigenvalue weighted by Crippen LogP contribution is -2.02. The fraction of sp³-hybridized carbons (Fsp3) is 0.167. The molecule has 172 valence electrons. The second-order valence-corrected chi connectivity index (χ2v) is 14.5. The molecule has 3 heterocycles. The van der Waals surface area contributed by atoms with E-state index in [2.05, 4.69) is 47.1 Å². The van der Waals surface area contributed by atoms with Gasteiger partial charge in [0.25, 0.3) is 0 Å². The molecule has 0 unspecified atom stereocenters. The van der Waals surface area contributed by atoms with Gasteiger partial charge in [0.2, 0.25) is 0 Å². The van der Waals surface area contributed by atoms with Gasteiger partial charge in [-0.05, 0) is 64.1 Å². The van der Waals surface area contributed by atoms with Crippen molar-refractivity contribution in [3.63, 3.8) is 0 Å². The number of hydrogen-bond acceptors (Lipinski definition) is 10. The molecule has 1 aliphatic rings. The molecule has 0 radical (unpaired) electrons. The Morgan fingerprint density at radius 3 is 1.32 bits per heavy atom. The third-order valence-corrected chi connectivity index (χ3v) is 10.2. The molecule has 34 heavy (non-hydrogen) atoms. The summed E-state index contributed by atoms with van der Waals surface area (Å²) in [7, 11) is 0. The largest absolute Gasteiger partial charge is 0.357 e. The van der Waals surface area contributed by atoms with Crippen molar-refractivity contribution in [1.29, 1.82) is 0 Å². The Morgan fingerprint density at radius 2 is 0.941 bits per heavy atom. The molecule has 5 rings (SSSR count). The van der Waals surface area contributed by atoms with Crippen molar-refractivity contribution in [3.05, 3.63) is 54.1 Å². The van der Waals surface area contributed by atoms with E-state index in [1.54, 1.807) is 45.3 Å². The molecule has 4 nitrogen and oxygen atoms in total. The van der Waals surface area contributed by atoms with Crippen LogP contribution in [-0.4, -0.2) is 11.4 Å². The lowest BCUT2D eigenvalue weighted by atomic mass is 10.2. The average Bonchev–Trinajstić information content (AvgIpc) is 3.26. The van der Waals surface area contributed by atoms with Crippen LogP contribution in [-0.2, 0) is 0 Å². The molecular weight excluding hydrogens is 537 g/mol. The highest BCUT2D eigenvalue weighted by Crippen LogP contribution is 2.39. The van der Waals surface area contributed by atoms with E-state index in [-0.39, 0.29) is 0 Å². The fourth-order valence-corrected chi connectivity index (χ4v) is 8.81. The number of allylic oxidation sites excluding steroid dienone is 4. The standard InChI is InChI=1S/C24H20N4S6/c1-11-5-12(2)26-17-9-21-22(34-24(30)33-21)10-18(17)28-14(4)6-13(3)27-16-8-20-19(7-15(16)25-11)31-23(29)32-20/h5-10,25,28H,1-4H3/b11-5-,14-6-,26-12?,27-13?. The lowest BCUT2D eigenvalue weighted by molar-refractivity contribution is 1.35. The average molecular weight is 557 g/mol. The topological polar surface area (TPSA) is 48.8 Å². The van der Waals surface area contributed by atoms with Crippen molar-refractivity contribution in [2.45, 2.75) is 27.7 Å². The van der Waals surface area contributed by atoms with Gasteiger partial charge in [0.05, 0.1) is 22.7 Å². The molecule has 2 aromatic heterocycles. The Labute approximate surface area is 223 Å². The van der Waals surface area contributed by atoms with E-state index in [1.165, 1.54) is 0 Å². The van der Waals surface area contributed by atoms with E-state index in [1.807, 2.05) is 27.7 Å². The maximum Gasteiger partial charge on any atom is 0.144 e. The highest BCUT2D eigenvalue weighted by atomic mass is 32.2. The van der Waals surface area contributed by atoms with Crippen LogP contribution in [0.4, 0.5) is 22.7 Å². The first kappa shape index (κ1) is 23.7. The number of aliphatic imine (C=N–C) groups is 2. The predicted molar refractivity (Wildman–Crippen MR) is 161 cm³/mol. The summed E-state index contributed by atoms with van der Waals surface area (Å²) < 4.78 is 6.48. The van der Waals surface area contributed by atoms with Crippen molar-refractivity contribution in [1.82, 2.24) is 0 Å². The fourth-order valence-electron chi connectivity index (χ4n) is 3.77. The zero-order chi connectivity index (χ0) is 24.0. The van der Waals surface area contributed by atoms with Crippen molar-refractivity contribution >= 4 is 123 Å². The SMILES string of the molecule is CC1=Nc2cc3sc(=S)sc3cc2N/C(C)=C\C(C)=Nc2cc3sc(=S)sc3cc2N/C(C)=C\1. The van der Waals surface area contributed by atoms with E-state index in [9.17, 15) is 0 Å². The zero-order valence-electron chi connectivity index (χ0n) is 18.8. The quantitative estimate of drug-likeness (QED) is 0.212. The van der Waals surface area contributed by atoms with Gasteiger partial charge < -0.3 is 10.6 Å². The minimum absolute atomic E-state index is 0.887. The van der Waals surface area contributed by atoms with Crippen LogP contribution in [0.1, 0.15) is 27.7 Å². The Hall–Kier alpha value is -2.08. The number of nitrogens with zero attached hydrogens (tertiary/aromatic N) is 2. The van der Waals surface area contributed by atoms with Crippen molar-refractivity contribution in [2.75, 3.05) is 10.6 Å². The molecule has 0 saturated heterocycles. The molecule has 2 N–H and O–H groups in total. The maximum absolute atomic E-state index is 5.43. The summed E-state index contributed by atoms with van der Waals surface area (Å²) in [6.45, 7) is 8.11. The Bertz CT molecular complexity index is 1560. The minimum atomic E-state index is 0.887. The summed E-state index contributed by atoms with van der Waals surface area (Å²) in [5, 5.41) is 7.08. The molecule has 10 heteroatoms. The van der Waals surface area contributed by atoms with Crippen LogP contribution < -0.4 is 10.6 Å². The Morgan fingerprint density at radius 1 is 0.588 bits per heavy atom. The first-order valence-corrected chi connectivity index (χ1v) is 14.5. The number of benzene rings is 2. The van der Waals surface area contributed by atoms with E-state index in [0.29, 0.717) is 0 Å². The van der Waals surface area contributed by atoms with Crippen molar-refractivity contribution in [3.8, 4) is 0 Å². The van der Waals surface area contributed by atoms with Crippen LogP contribution in [0.3, 0.4) is 0 Å². The van der Waals surface area contributed by atoms with Gasteiger partial charge >= 0.3 is 0 Å². The molecular formula is C24H20N4S6. The van der Waals surface area contributed by atoms with Crippen LogP contribution >= 0.6 is 69.8 Å². The van der Waals surface area contributed by atoms with Gasteiger partial charge in [0.15, 0.2) is 0 Å². The van der Waals surface area contributed by atoms with Gasteiger partial charge in [-0.1, -0.05) is 24.4 Å². The van der Waals surface area contributed by atoms with Gasteiger partial charge in [0, 0.05) is 41.6 Å². The van der Waals surface area contributed by atoms with Gasteiger partial charge in [-0.2, -0.15) is 0 Å². The molecule has 0 atom stereocenters. The Kier molecular flexibility index (Phi) is 6.62. The maximum atomic E-state index is 5.43. The number of rotatable bonds is 0. The molecule has 0 fully saturated rings. The van der Waals surface area contributed by atoms with Crippen LogP contribution in [0.2, 0.25) is 0 Å². The van der Waals surface area contributed by atoms with Crippen molar-refractivity contribution in [2.24, 2.45) is 9.98 Å². The van der Waals surface area contributed by atoms with Crippen LogP contribution in [0.15, 0.2) is 57.8 Å². The second kappa shape index (κ2) is 9.52. The highest BCUT2D eigenvalue weighted by molar-refractivity contribution is 7.77. The summed E-state index contributed by atoms with van der Waals surface area (Å²) in [4.78, 5) is 9.90. The summed E-state index contributed by atoms with van der Waals surface area (Å²) in [6, 6.07) is 8.51. The van der Waals surface area contributed by atoms with Crippen LogP contribution in [0.5, 0.6) is 0 Å². The molecule has 2 aromatic carbocycles. The van der Waals surface area contributed by atoms with Crippen LogP contribution in [0, 0.1) is 6.28 Å². The normalized spacial score (nSPS) is 17.8. The summed E-state index contributed by atoms with van der Waals surface area (Å²) in [6.07, 6.45) is 4.11. The predicted octanol–water partition coefficient (Wildman–Crippen LogP) is 10.2. The number of hydrogen-bond donors (Lipinski definition) is 2. The highest BCUT2D eigenvalue weighted by Gasteiger charge is 2.11. The second-order valence-electron chi connectivity index (χ2n) is 7.95. The molecule has 4 aromatic rings. The number of nitrogens with one attached hydrogen (secondary N) is 2. The Balaban J connectivity index is 1.69. The zero-order valence-corrected chi connectivity index (χ0v) is 23.7.